The minimum Gasteiger partial charge on any atom is -0.272 e. The molecule has 0 radical (unpaired) electrons. The standard InChI is InChI=1S/C14H21NO2/c1-2-3-4-6-11-7-5-8-12(11)15-13(16)9-10-14(15)17/h9-12H,2-8H2,1H3. The third-order valence-electron chi connectivity index (χ3n) is 3.97. The van der Waals surface area contributed by atoms with Gasteiger partial charge >= 0.3 is 0 Å². The second-order valence-corrected chi connectivity index (χ2v) is 5.13. The van der Waals surface area contributed by atoms with Crippen molar-refractivity contribution in [2.24, 2.45) is 5.92 Å². The van der Waals surface area contributed by atoms with Crippen LogP contribution in [-0.2, 0) is 9.59 Å². The molecule has 0 aromatic heterocycles. The summed E-state index contributed by atoms with van der Waals surface area (Å²) in [5.41, 5.74) is 0. The van der Waals surface area contributed by atoms with Gasteiger partial charge in [-0.15, -0.1) is 0 Å². The van der Waals surface area contributed by atoms with E-state index in [9.17, 15) is 9.59 Å². The summed E-state index contributed by atoms with van der Waals surface area (Å²) >= 11 is 0. The topological polar surface area (TPSA) is 37.4 Å². The van der Waals surface area contributed by atoms with Crippen LogP contribution >= 0.6 is 0 Å². The summed E-state index contributed by atoms with van der Waals surface area (Å²) < 4.78 is 0. The highest BCUT2D eigenvalue weighted by molar-refractivity contribution is 6.13. The quantitative estimate of drug-likeness (QED) is 0.542. The van der Waals surface area contributed by atoms with Crippen molar-refractivity contribution in [3.05, 3.63) is 12.2 Å². The maximum atomic E-state index is 11.7. The Bertz CT molecular complexity index is 317. The lowest BCUT2D eigenvalue weighted by Gasteiger charge is -2.27. The molecule has 2 aliphatic rings. The van der Waals surface area contributed by atoms with Crippen molar-refractivity contribution in [1.29, 1.82) is 0 Å². The fraction of sp³-hybridized carbons (Fsp3) is 0.714. The van der Waals surface area contributed by atoms with Crippen LogP contribution in [0.15, 0.2) is 12.2 Å². The predicted octanol–water partition coefficient (Wildman–Crippen LogP) is 2.66. The zero-order valence-corrected chi connectivity index (χ0v) is 10.5. The molecule has 3 heteroatoms. The van der Waals surface area contributed by atoms with E-state index < -0.39 is 0 Å². The van der Waals surface area contributed by atoms with E-state index in [-0.39, 0.29) is 17.9 Å². The lowest BCUT2D eigenvalue weighted by molar-refractivity contribution is -0.140. The number of hydrogen-bond acceptors (Lipinski definition) is 2. The number of nitrogens with zero attached hydrogens (tertiary/aromatic N) is 1. The summed E-state index contributed by atoms with van der Waals surface area (Å²) in [4.78, 5) is 24.8. The summed E-state index contributed by atoms with van der Waals surface area (Å²) in [6.45, 7) is 2.20. The van der Waals surface area contributed by atoms with Crippen molar-refractivity contribution in [3.8, 4) is 0 Å². The average Bonchev–Trinajstić information content (AvgIpc) is 2.87. The highest BCUT2D eigenvalue weighted by Crippen LogP contribution is 2.34. The van der Waals surface area contributed by atoms with Gasteiger partial charge in [-0.3, -0.25) is 14.5 Å². The molecule has 2 amide bonds. The van der Waals surface area contributed by atoms with Gasteiger partial charge < -0.3 is 0 Å². The van der Waals surface area contributed by atoms with Crippen molar-refractivity contribution in [1.82, 2.24) is 4.90 Å². The van der Waals surface area contributed by atoms with Crippen LogP contribution in [0.5, 0.6) is 0 Å². The number of unbranched alkanes of at least 4 members (excludes halogenated alkanes) is 2. The molecule has 0 bridgehead atoms. The molecule has 0 saturated heterocycles. The SMILES string of the molecule is CCCCCC1CCCC1N1C(=O)C=CC1=O. The molecule has 0 spiro atoms. The van der Waals surface area contributed by atoms with Gasteiger partial charge in [0.05, 0.1) is 0 Å². The van der Waals surface area contributed by atoms with E-state index in [2.05, 4.69) is 6.92 Å². The van der Waals surface area contributed by atoms with Gasteiger partial charge in [0, 0.05) is 18.2 Å². The van der Waals surface area contributed by atoms with Crippen molar-refractivity contribution in [2.75, 3.05) is 0 Å². The average molecular weight is 235 g/mol. The summed E-state index contributed by atoms with van der Waals surface area (Å²) in [6.07, 6.45) is 11.0. The van der Waals surface area contributed by atoms with Crippen LogP contribution in [-0.4, -0.2) is 22.8 Å². The van der Waals surface area contributed by atoms with Gasteiger partial charge in [-0.1, -0.05) is 32.6 Å². The van der Waals surface area contributed by atoms with E-state index >= 15 is 0 Å². The summed E-state index contributed by atoms with van der Waals surface area (Å²) in [6, 6.07) is 0.168. The number of hydrogen-bond donors (Lipinski definition) is 0. The van der Waals surface area contributed by atoms with E-state index in [1.54, 1.807) is 0 Å². The first kappa shape index (κ1) is 12.3. The third kappa shape index (κ3) is 2.59. The minimum atomic E-state index is -0.109. The molecular weight excluding hydrogens is 214 g/mol. The second-order valence-electron chi connectivity index (χ2n) is 5.13. The smallest absolute Gasteiger partial charge is 0.253 e. The molecule has 1 saturated carbocycles. The Balaban J connectivity index is 1.95. The van der Waals surface area contributed by atoms with Crippen LogP contribution in [0, 0.1) is 5.92 Å². The largest absolute Gasteiger partial charge is 0.272 e. The minimum absolute atomic E-state index is 0.109. The number of amides is 2. The first-order valence-corrected chi connectivity index (χ1v) is 6.79. The van der Waals surface area contributed by atoms with Gasteiger partial charge in [0.15, 0.2) is 0 Å². The first-order valence-electron chi connectivity index (χ1n) is 6.79. The molecule has 0 aromatic carbocycles. The van der Waals surface area contributed by atoms with Gasteiger partial charge in [0.1, 0.15) is 0 Å². The zero-order chi connectivity index (χ0) is 12.3. The molecule has 2 atom stereocenters. The predicted molar refractivity (Wildman–Crippen MR) is 66.3 cm³/mol. The molecule has 1 aliphatic carbocycles. The second kappa shape index (κ2) is 5.48. The fourth-order valence-electron chi connectivity index (χ4n) is 3.09. The number of carbonyl (C=O) groups excluding carboxylic acids is 2. The molecule has 0 N–H and O–H groups in total. The zero-order valence-electron chi connectivity index (χ0n) is 10.5. The van der Waals surface area contributed by atoms with Crippen LogP contribution in [0.3, 0.4) is 0 Å². The molecular formula is C14H21NO2. The lowest BCUT2D eigenvalue weighted by Crippen LogP contribution is -2.42. The number of rotatable bonds is 5. The van der Waals surface area contributed by atoms with Gasteiger partial charge in [0.25, 0.3) is 11.8 Å². The van der Waals surface area contributed by atoms with E-state index in [0.29, 0.717) is 5.92 Å². The first-order chi connectivity index (χ1) is 8.24. The van der Waals surface area contributed by atoms with Crippen LogP contribution < -0.4 is 0 Å². The molecule has 1 fully saturated rings. The summed E-state index contributed by atoms with van der Waals surface area (Å²) in [7, 11) is 0. The van der Waals surface area contributed by atoms with Gasteiger partial charge in [-0.2, -0.15) is 0 Å². The van der Waals surface area contributed by atoms with Crippen molar-refractivity contribution >= 4 is 11.8 Å². The highest BCUT2D eigenvalue weighted by atomic mass is 16.2. The molecule has 2 rings (SSSR count). The van der Waals surface area contributed by atoms with Gasteiger partial charge in [-0.05, 0) is 25.2 Å². The number of carbonyl (C=O) groups is 2. The van der Waals surface area contributed by atoms with Crippen LogP contribution in [0.2, 0.25) is 0 Å². The van der Waals surface area contributed by atoms with Gasteiger partial charge in [0.2, 0.25) is 0 Å². The molecule has 17 heavy (non-hydrogen) atoms. The Morgan fingerprint density at radius 1 is 1.18 bits per heavy atom. The normalized spacial score (nSPS) is 28.4. The van der Waals surface area contributed by atoms with Gasteiger partial charge in [-0.25, -0.2) is 0 Å². The molecule has 0 aromatic rings. The van der Waals surface area contributed by atoms with E-state index in [1.165, 1.54) is 42.7 Å². The summed E-state index contributed by atoms with van der Waals surface area (Å²) in [5.74, 6) is 0.319. The fourth-order valence-corrected chi connectivity index (χ4v) is 3.09. The molecule has 3 nitrogen and oxygen atoms in total. The summed E-state index contributed by atoms with van der Waals surface area (Å²) in [5, 5.41) is 0. The van der Waals surface area contributed by atoms with Crippen LogP contribution in [0.4, 0.5) is 0 Å². The van der Waals surface area contributed by atoms with Crippen molar-refractivity contribution < 1.29 is 9.59 Å². The molecule has 94 valence electrons. The van der Waals surface area contributed by atoms with Crippen molar-refractivity contribution in [3.63, 3.8) is 0 Å². The maximum Gasteiger partial charge on any atom is 0.253 e. The molecule has 1 aliphatic heterocycles. The van der Waals surface area contributed by atoms with E-state index in [1.807, 2.05) is 0 Å². The highest BCUT2D eigenvalue weighted by Gasteiger charge is 2.38. The number of imide groups is 1. The van der Waals surface area contributed by atoms with E-state index in [0.717, 1.165) is 19.3 Å². The Labute approximate surface area is 103 Å². The Kier molecular flexibility index (Phi) is 3.97. The van der Waals surface area contributed by atoms with E-state index in [4.69, 9.17) is 0 Å². The third-order valence-corrected chi connectivity index (χ3v) is 3.97. The van der Waals surface area contributed by atoms with Crippen LogP contribution in [0.25, 0.3) is 0 Å². The van der Waals surface area contributed by atoms with Crippen molar-refractivity contribution in [2.45, 2.75) is 57.9 Å². The molecule has 1 heterocycles. The Morgan fingerprint density at radius 2 is 1.88 bits per heavy atom. The van der Waals surface area contributed by atoms with Crippen LogP contribution in [0.1, 0.15) is 51.9 Å². The molecule has 2 unspecified atom stereocenters. The Hall–Kier alpha value is -1.12. The Morgan fingerprint density at radius 3 is 2.53 bits per heavy atom. The monoisotopic (exact) mass is 235 g/mol. The maximum absolute atomic E-state index is 11.7. The lowest BCUT2D eigenvalue weighted by atomic mass is 9.95.